The van der Waals surface area contributed by atoms with Gasteiger partial charge in [-0.05, 0) is 25.1 Å². The van der Waals surface area contributed by atoms with Crippen LogP contribution < -0.4 is 10.9 Å². The molecule has 0 saturated carbocycles. The molecule has 1 heterocycles. The molecule has 9 nitrogen and oxygen atoms in total. The number of fused-ring (bicyclic) bond motifs is 1. The second-order valence-electron chi connectivity index (χ2n) is 5.30. The second-order valence-corrected chi connectivity index (χ2v) is 5.30. The summed E-state index contributed by atoms with van der Waals surface area (Å²) < 4.78 is 0.951. The molecule has 25 heavy (non-hydrogen) atoms. The van der Waals surface area contributed by atoms with Gasteiger partial charge in [0.1, 0.15) is 17.2 Å². The fourth-order valence-electron chi connectivity index (χ4n) is 2.34. The van der Waals surface area contributed by atoms with Crippen LogP contribution in [0.3, 0.4) is 0 Å². The molecule has 1 N–H and O–H groups in total. The number of nitrogens with zero attached hydrogens (tertiary/aromatic N) is 4. The van der Waals surface area contributed by atoms with Gasteiger partial charge in [-0.25, -0.2) is 0 Å². The van der Waals surface area contributed by atoms with Crippen LogP contribution in [0, 0.1) is 10.1 Å². The number of benzene rings is 2. The van der Waals surface area contributed by atoms with Gasteiger partial charge in [-0.1, -0.05) is 29.5 Å². The third kappa shape index (κ3) is 3.07. The van der Waals surface area contributed by atoms with Crippen LogP contribution >= 0.6 is 0 Å². The first kappa shape index (κ1) is 16.2. The molecule has 1 unspecified atom stereocenters. The number of hydrogen-bond donors (Lipinski definition) is 1. The van der Waals surface area contributed by atoms with Crippen LogP contribution in [0.4, 0.5) is 11.4 Å². The van der Waals surface area contributed by atoms with Crippen LogP contribution in [0.1, 0.15) is 13.0 Å². The van der Waals surface area contributed by atoms with Crippen LogP contribution in [0.25, 0.3) is 10.9 Å². The molecule has 3 aromatic rings. The van der Waals surface area contributed by atoms with E-state index >= 15 is 0 Å². The Balaban J connectivity index is 1.93. The van der Waals surface area contributed by atoms with Gasteiger partial charge in [0.05, 0.1) is 10.3 Å². The van der Waals surface area contributed by atoms with Crippen LogP contribution in [0.15, 0.2) is 53.3 Å². The van der Waals surface area contributed by atoms with Crippen molar-refractivity contribution in [2.75, 3.05) is 5.32 Å². The maximum Gasteiger partial charge on any atom is 0.292 e. The highest BCUT2D eigenvalue weighted by Gasteiger charge is 2.22. The van der Waals surface area contributed by atoms with E-state index in [9.17, 15) is 19.7 Å². The first-order valence-electron chi connectivity index (χ1n) is 7.37. The lowest BCUT2D eigenvalue weighted by molar-refractivity contribution is -0.383. The molecule has 0 spiro atoms. The number of hydrogen-bond acceptors (Lipinski definition) is 6. The van der Waals surface area contributed by atoms with Gasteiger partial charge in [-0.2, -0.15) is 4.68 Å². The fourth-order valence-corrected chi connectivity index (χ4v) is 2.34. The summed E-state index contributed by atoms with van der Waals surface area (Å²) in [7, 11) is 0. The summed E-state index contributed by atoms with van der Waals surface area (Å²) in [4.78, 5) is 35.3. The molecule has 2 aromatic carbocycles. The van der Waals surface area contributed by atoms with Crippen LogP contribution in [-0.4, -0.2) is 25.8 Å². The number of carbonyl (C=O) groups excluding carboxylic acids is 1. The molecular formula is C16H13N5O4. The summed E-state index contributed by atoms with van der Waals surface area (Å²) in [6.07, 6.45) is 0. The third-order valence-electron chi connectivity index (χ3n) is 3.70. The average molecular weight is 339 g/mol. The predicted molar refractivity (Wildman–Crippen MR) is 90.2 cm³/mol. The van der Waals surface area contributed by atoms with Gasteiger partial charge in [0, 0.05) is 6.07 Å². The number of anilines is 1. The topological polar surface area (TPSA) is 120 Å². The van der Waals surface area contributed by atoms with E-state index < -0.39 is 22.4 Å². The van der Waals surface area contributed by atoms with Crippen molar-refractivity contribution in [1.29, 1.82) is 0 Å². The van der Waals surface area contributed by atoms with Gasteiger partial charge < -0.3 is 5.32 Å². The van der Waals surface area contributed by atoms with E-state index in [0.717, 1.165) is 4.68 Å². The van der Waals surface area contributed by atoms with Crippen molar-refractivity contribution in [2.24, 2.45) is 0 Å². The lowest BCUT2D eigenvalue weighted by Crippen LogP contribution is -2.34. The van der Waals surface area contributed by atoms with Gasteiger partial charge in [0.2, 0.25) is 5.91 Å². The summed E-state index contributed by atoms with van der Waals surface area (Å²) in [5.74, 6) is -0.610. The summed E-state index contributed by atoms with van der Waals surface area (Å²) >= 11 is 0. The molecule has 126 valence electrons. The minimum absolute atomic E-state index is 0.0474. The number of nitro groups is 1. The van der Waals surface area contributed by atoms with Crippen molar-refractivity contribution in [3.8, 4) is 0 Å². The van der Waals surface area contributed by atoms with Gasteiger partial charge >= 0.3 is 0 Å². The van der Waals surface area contributed by atoms with Gasteiger partial charge in [-0.3, -0.25) is 19.7 Å². The molecule has 1 atom stereocenters. The highest BCUT2D eigenvalue weighted by Crippen LogP contribution is 2.24. The molecule has 0 fully saturated rings. The standard InChI is InChI=1S/C16H13N5O4/c1-10(15(22)17-13-8-4-5-9-14(13)21(24)25)20-16(23)11-6-2-3-7-12(11)18-19-20/h2-10H,1H3,(H,17,22). The molecule has 0 bridgehead atoms. The number of aromatic nitrogens is 3. The molecule has 3 rings (SSSR count). The van der Waals surface area contributed by atoms with Crippen LogP contribution in [0.2, 0.25) is 0 Å². The Morgan fingerprint density at radius 2 is 1.88 bits per heavy atom. The number of para-hydroxylation sites is 2. The molecule has 0 aliphatic heterocycles. The summed E-state index contributed by atoms with van der Waals surface area (Å²) in [5.41, 5.74) is -0.225. The van der Waals surface area contributed by atoms with Crippen LogP contribution in [0.5, 0.6) is 0 Å². The van der Waals surface area contributed by atoms with Crippen molar-refractivity contribution in [2.45, 2.75) is 13.0 Å². The first-order valence-corrected chi connectivity index (χ1v) is 7.37. The predicted octanol–water partition coefficient (Wildman–Crippen LogP) is 1.90. The SMILES string of the molecule is CC(C(=O)Nc1ccccc1[N+](=O)[O-])n1nnc2ccccc2c1=O. The van der Waals surface area contributed by atoms with E-state index in [4.69, 9.17) is 0 Å². The molecule has 9 heteroatoms. The minimum Gasteiger partial charge on any atom is -0.319 e. The lowest BCUT2D eigenvalue weighted by atomic mass is 10.2. The highest BCUT2D eigenvalue weighted by molar-refractivity contribution is 5.95. The number of amides is 1. The van der Waals surface area contributed by atoms with Crippen molar-refractivity contribution < 1.29 is 9.72 Å². The Morgan fingerprint density at radius 1 is 1.20 bits per heavy atom. The molecule has 0 aliphatic rings. The Morgan fingerprint density at radius 3 is 2.64 bits per heavy atom. The number of carbonyl (C=O) groups is 1. The molecule has 1 aromatic heterocycles. The maximum atomic E-state index is 12.5. The van der Waals surface area contributed by atoms with Gasteiger partial charge in [0.15, 0.2) is 0 Å². The summed E-state index contributed by atoms with van der Waals surface area (Å²) in [5, 5.41) is 21.5. The van der Waals surface area contributed by atoms with Crippen molar-refractivity contribution >= 4 is 28.2 Å². The lowest BCUT2D eigenvalue weighted by Gasteiger charge is -2.13. The zero-order valence-electron chi connectivity index (χ0n) is 13.1. The first-order chi connectivity index (χ1) is 12.0. The maximum absolute atomic E-state index is 12.5. The van der Waals surface area contributed by atoms with Crippen molar-refractivity contribution in [3.05, 3.63) is 69.0 Å². The zero-order valence-corrected chi connectivity index (χ0v) is 13.1. The van der Waals surface area contributed by atoms with E-state index in [-0.39, 0.29) is 11.4 Å². The normalized spacial score (nSPS) is 11.9. The third-order valence-corrected chi connectivity index (χ3v) is 3.70. The molecule has 1 amide bonds. The van der Waals surface area contributed by atoms with Gasteiger partial charge in [0.25, 0.3) is 11.2 Å². The van der Waals surface area contributed by atoms with Gasteiger partial charge in [-0.15, -0.1) is 5.10 Å². The average Bonchev–Trinajstić information content (AvgIpc) is 2.62. The number of nitrogens with one attached hydrogen (secondary N) is 1. The molecular weight excluding hydrogens is 326 g/mol. The summed E-state index contributed by atoms with van der Waals surface area (Å²) in [6.45, 7) is 1.47. The quantitative estimate of drug-likeness (QED) is 0.572. The smallest absolute Gasteiger partial charge is 0.292 e. The Hall–Kier alpha value is -3.62. The monoisotopic (exact) mass is 339 g/mol. The second kappa shape index (κ2) is 6.48. The minimum atomic E-state index is -0.996. The fraction of sp³-hybridized carbons (Fsp3) is 0.125. The molecule has 0 saturated heterocycles. The van der Waals surface area contributed by atoms with E-state index in [1.807, 2.05) is 0 Å². The number of nitro benzene ring substituents is 1. The highest BCUT2D eigenvalue weighted by atomic mass is 16.6. The van der Waals surface area contributed by atoms with E-state index in [1.54, 1.807) is 30.3 Å². The van der Waals surface area contributed by atoms with Crippen LogP contribution in [-0.2, 0) is 4.79 Å². The summed E-state index contributed by atoms with van der Waals surface area (Å²) in [6, 6.07) is 11.4. The Kier molecular flexibility index (Phi) is 4.21. The van der Waals surface area contributed by atoms with Crippen molar-refractivity contribution in [1.82, 2.24) is 15.0 Å². The Bertz CT molecular complexity index is 1030. The van der Waals surface area contributed by atoms with E-state index in [1.165, 1.54) is 25.1 Å². The van der Waals surface area contributed by atoms with E-state index in [0.29, 0.717) is 10.9 Å². The molecule has 0 aliphatic carbocycles. The largest absolute Gasteiger partial charge is 0.319 e. The molecule has 0 radical (unpaired) electrons. The zero-order chi connectivity index (χ0) is 18.0. The van der Waals surface area contributed by atoms with E-state index in [2.05, 4.69) is 15.6 Å². The Labute approximate surface area is 141 Å². The van der Waals surface area contributed by atoms with Crippen molar-refractivity contribution in [3.63, 3.8) is 0 Å². The number of rotatable bonds is 4.